The molecular formula is C14H20BrNO3. The highest BCUT2D eigenvalue weighted by Gasteiger charge is 2.22. The van der Waals surface area contributed by atoms with Gasteiger partial charge in [-0.3, -0.25) is 0 Å². The average Bonchev–Trinajstić information content (AvgIpc) is 2.60. The standard InChI is InChI=1S/C14H20BrNO3/c1-18-9-11(8-17)16-13-3-2-6-19-14-7-10(15)4-5-12(13)14/h4-5,7,11,13,16-17H,2-3,6,8-9H2,1H3. The van der Waals surface area contributed by atoms with E-state index in [-0.39, 0.29) is 18.7 Å². The summed E-state index contributed by atoms with van der Waals surface area (Å²) in [5.74, 6) is 0.915. The zero-order valence-electron chi connectivity index (χ0n) is 11.1. The molecule has 1 aromatic rings. The molecule has 0 amide bonds. The van der Waals surface area contributed by atoms with Gasteiger partial charge < -0.3 is 19.9 Å². The van der Waals surface area contributed by atoms with Gasteiger partial charge in [-0.1, -0.05) is 22.0 Å². The number of nitrogens with one attached hydrogen (secondary N) is 1. The van der Waals surface area contributed by atoms with E-state index in [2.05, 4.69) is 27.3 Å². The molecule has 2 unspecified atom stereocenters. The Morgan fingerprint density at radius 2 is 2.42 bits per heavy atom. The first-order chi connectivity index (χ1) is 9.24. The van der Waals surface area contributed by atoms with E-state index in [1.54, 1.807) is 7.11 Å². The van der Waals surface area contributed by atoms with Crippen molar-refractivity contribution < 1.29 is 14.6 Å². The summed E-state index contributed by atoms with van der Waals surface area (Å²) in [6, 6.07) is 6.23. The molecule has 1 heterocycles. The normalized spacial score (nSPS) is 20.3. The molecule has 0 spiro atoms. The van der Waals surface area contributed by atoms with E-state index in [4.69, 9.17) is 9.47 Å². The quantitative estimate of drug-likeness (QED) is 0.870. The van der Waals surface area contributed by atoms with Gasteiger partial charge in [-0.25, -0.2) is 0 Å². The molecule has 2 N–H and O–H groups in total. The molecule has 0 saturated carbocycles. The molecule has 1 aromatic carbocycles. The first kappa shape index (κ1) is 14.8. The maximum absolute atomic E-state index is 9.37. The first-order valence-corrected chi connectivity index (χ1v) is 7.32. The van der Waals surface area contributed by atoms with Crippen molar-refractivity contribution in [1.29, 1.82) is 0 Å². The minimum Gasteiger partial charge on any atom is -0.493 e. The zero-order chi connectivity index (χ0) is 13.7. The van der Waals surface area contributed by atoms with Gasteiger partial charge >= 0.3 is 0 Å². The van der Waals surface area contributed by atoms with Gasteiger partial charge in [0, 0.05) is 23.2 Å². The van der Waals surface area contributed by atoms with Crippen molar-refractivity contribution in [2.75, 3.05) is 26.9 Å². The highest BCUT2D eigenvalue weighted by molar-refractivity contribution is 9.10. The van der Waals surface area contributed by atoms with Crippen LogP contribution in [0, 0.1) is 0 Å². The molecule has 0 bridgehead atoms. The first-order valence-electron chi connectivity index (χ1n) is 6.52. The highest BCUT2D eigenvalue weighted by Crippen LogP contribution is 2.33. The maximum Gasteiger partial charge on any atom is 0.125 e. The fourth-order valence-corrected chi connectivity index (χ4v) is 2.70. The molecular weight excluding hydrogens is 310 g/mol. The van der Waals surface area contributed by atoms with Gasteiger partial charge in [0.1, 0.15) is 5.75 Å². The molecule has 0 aliphatic carbocycles. The van der Waals surface area contributed by atoms with Gasteiger partial charge in [-0.15, -0.1) is 0 Å². The third kappa shape index (κ3) is 3.92. The number of hydrogen-bond donors (Lipinski definition) is 2. The molecule has 106 valence electrons. The van der Waals surface area contributed by atoms with Crippen molar-refractivity contribution in [3.8, 4) is 5.75 Å². The number of methoxy groups -OCH3 is 1. The lowest BCUT2D eigenvalue weighted by Gasteiger charge is -2.24. The lowest BCUT2D eigenvalue weighted by molar-refractivity contribution is 0.121. The largest absolute Gasteiger partial charge is 0.493 e. The number of rotatable bonds is 5. The van der Waals surface area contributed by atoms with Crippen molar-refractivity contribution in [2.24, 2.45) is 0 Å². The van der Waals surface area contributed by atoms with Crippen LogP contribution in [0.4, 0.5) is 0 Å². The monoisotopic (exact) mass is 329 g/mol. The highest BCUT2D eigenvalue weighted by atomic mass is 79.9. The van der Waals surface area contributed by atoms with Crippen LogP contribution >= 0.6 is 15.9 Å². The minimum atomic E-state index is -0.0513. The molecule has 2 atom stereocenters. The van der Waals surface area contributed by atoms with Crippen LogP contribution in [-0.2, 0) is 4.74 Å². The van der Waals surface area contributed by atoms with Gasteiger partial charge in [0.05, 0.1) is 25.9 Å². The molecule has 0 radical (unpaired) electrons. The van der Waals surface area contributed by atoms with Gasteiger partial charge in [-0.05, 0) is 25.0 Å². The molecule has 0 aromatic heterocycles. The summed E-state index contributed by atoms with van der Waals surface area (Å²) in [6.45, 7) is 1.30. The summed E-state index contributed by atoms with van der Waals surface area (Å²) in [6.07, 6.45) is 1.99. The Balaban J connectivity index is 2.17. The molecule has 0 saturated heterocycles. The van der Waals surface area contributed by atoms with E-state index in [0.29, 0.717) is 6.61 Å². The molecule has 19 heavy (non-hydrogen) atoms. The summed E-state index contributed by atoms with van der Waals surface area (Å²) >= 11 is 3.46. The number of fused-ring (bicyclic) bond motifs is 1. The predicted octanol–water partition coefficient (Wildman–Crippen LogP) is 2.26. The number of ether oxygens (including phenoxy) is 2. The van der Waals surface area contributed by atoms with Crippen LogP contribution in [-0.4, -0.2) is 38.1 Å². The third-order valence-electron chi connectivity index (χ3n) is 3.27. The number of halogens is 1. The van der Waals surface area contributed by atoms with Crippen LogP contribution in [0.3, 0.4) is 0 Å². The van der Waals surface area contributed by atoms with Crippen molar-refractivity contribution >= 4 is 15.9 Å². The lowest BCUT2D eigenvalue weighted by atomic mass is 10.0. The Morgan fingerprint density at radius 3 is 3.16 bits per heavy atom. The van der Waals surface area contributed by atoms with Crippen LogP contribution in [0.5, 0.6) is 5.75 Å². The third-order valence-corrected chi connectivity index (χ3v) is 3.76. The average molecular weight is 330 g/mol. The van der Waals surface area contributed by atoms with Crippen LogP contribution in [0.1, 0.15) is 24.4 Å². The second kappa shape index (κ2) is 7.24. The van der Waals surface area contributed by atoms with Crippen LogP contribution in [0.2, 0.25) is 0 Å². The van der Waals surface area contributed by atoms with E-state index >= 15 is 0 Å². The van der Waals surface area contributed by atoms with Crippen molar-refractivity contribution in [1.82, 2.24) is 5.32 Å². The number of hydrogen-bond acceptors (Lipinski definition) is 4. The van der Waals surface area contributed by atoms with E-state index in [9.17, 15) is 5.11 Å². The fourth-order valence-electron chi connectivity index (χ4n) is 2.36. The number of aliphatic hydroxyl groups is 1. The summed E-state index contributed by atoms with van der Waals surface area (Å²) in [4.78, 5) is 0. The van der Waals surface area contributed by atoms with Gasteiger partial charge in [0.25, 0.3) is 0 Å². The second-order valence-corrected chi connectivity index (χ2v) is 5.64. The summed E-state index contributed by atoms with van der Waals surface area (Å²) in [5.41, 5.74) is 1.15. The van der Waals surface area contributed by atoms with Gasteiger partial charge in [0.15, 0.2) is 0 Å². The van der Waals surface area contributed by atoms with Crippen molar-refractivity contribution in [3.63, 3.8) is 0 Å². The van der Waals surface area contributed by atoms with Crippen molar-refractivity contribution in [3.05, 3.63) is 28.2 Å². The van der Waals surface area contributed by atoms with E-state index in [0.717, 1.165) is 35.2 Å². The van der Waals surface area contributed by atoms with E-state index in [1.807, 2.05) is 12.1 Å². The van der Waals surface area contributed by atoms with Crippen molar-refractivity contribution in [2.45, 2.75) is 24.9 Å². The maximum atomic E-state index is 9.37. The summed E-state index contributed by atoms with van der Waals surface area (Å²) in [5, 5.41) is 12.8. The molecule has 1 aliphatic heterocycles. The smallest absolute Gasteiger partial charge is 0.125 e. The Hall–Kier alpha value is -0.620. The molecule has 4 nitrogen and oxygen atoms in total. The molecule has 2 rings (SSSR count). The summed E-state index contributed by atoms with van der Waals surface area (Å²) in [7, 11) is 1.64. The fraction of sp³-hybridized carbons (Fsp3) is 0.571. The lowest BCUT2D eigenvalue weighted by Crippen LogP contribution is -2.39. The number of aliphatic hydroxyl groups excluding tert-OH is 1. The Labute approximate surface area is 122 Å². The second-order valence-electron chi connectivity index (χ2n) is 4.73. The van der Waals surface area contributed by atoms with E-state index < -0.39 is 0 Å². The molecule has 0 fully saturated rings. The Bertz CT molecular complexity index is 414. The zero-order valence-corrected chi connectivity index (χ0v) is 12.6. The Morgan fingerprint density at radius 1 is 1.58 bits per heavy atom. The summed E-state index contributed by atoms with van der Waals surface area (Å²) < 4.78 is 11.9. The Kier molecular flexibility index (Phi) is 5.63. The topological polar surface area (TPSA) is 50.7 Å². The molecule has 1 aliphatic rings. The van der Waals surface area contributed by atoms with Crippen LogP contribution in [0.25, 0.3) is 0 Å². The van der Waals surface area contributed by atoms with E-state index in [1.165, 1.54) is 0 Å². The SMILES string of the molecule is COCC(CO)NC1CCCOc2cc(Br)ccc21. The predicted molar refractivity (Wildman–Crippen MR) is 77.5 cm³/mol. The molecule has 5 heteroatoms. The van der Waals surface area contributed by atoms with Gasteiger partial charge in [0.2, 0.25) is 0 Å². The number of benzene rings is 1. The van der Waals surface area contributed by atoms with Gasteiger partial charge in [-0.2, -0.15) is 0 Å². The minimum absolute atomic E-state index is 0.0513. The van der Waals surface area contributed by atoms with Crippen LogP contribution in [0.15, 0.2) is 22.7 Å². The van der Waals surface area contributed by atoms with Crippen LogP contribution < -0.4 is 10.1 Å².